The van der Waals surface area contributed by atoms with Gasteiger partial charge in [0.2, 0.25) is 5.91 Å². The molecule has 4 heteroatoms. The van der Waals surface area contributed by atoms with Crippen LogP contribution in [-0.4, -0.2) is 35.5 Å². The maximum atomic E-state index is 12.0. The number of nitrogens with one attached hydrogen (secondary N) is 1. The van der Waals surface area contributed by atoms with E-state index in [0.717, 1.165) is 25.2 Å². The maximum absolute atomic E-state index is 12.0. The minimum atomic E-state index is -0.269. The second kappa shape index (κ2) is 4.53. The number of nitrogens with zero attached hydrogens (tertiary/aromatic N) is 1. The van der Waals surface area contributed by atoms with E-state index in [1.807, 2.05) is 11.8 Å². The summed E-state index contributed by atoms with van der Waals surface area (Å²) in [7, 11) is 0. The average Bonchev–Trinajstić information content (AvgIpc) is 2.31. The number of carbonyl (C=O) groups excluding carboxylic acids is 1. The first-order chi connectivity index (χ1) is 7.72. The lowest BCUT2D eigenvalue weighted by Gasteiger charge is -2.32. The highest BCUT2D eigenvalue weighted by Gasteiger charge is 2.28. The molecule has 1 aromatic carbocycles. The van der Waals surface area contributed by atoms with Gasteiger partial charge >= 0.3 is 0 Å². The zero-order chi connectivity index (χ0) is 11.5. The second-order valence-electron chi connectivity index (χ2n) is 3.90. The van der Waals surface area contributed by atoms with Gasteiger partial charge in [-0.3, -0.25) is 4.79 Å². The van der Waals surface area contributed by atoms with Crippen molar-refractivity contribution >= 4 is 5.91 Å². The molecule has 0 bridgehead atoms. The number of carbonyl (C=O) groups is 1. The Hall–Kier alpha value is -1.55. The average molecular weight is 220 g/mol. The summed E-state index contributed by atoms with van der Waals surface area (Å²) >= 11 is 0. The fourth-order valence-electron chi connectivity index (χ4n) is 1.97. The molecule has 1 unspecified atom stereocenters. The van der Waals surface area contributed by atoms with Crippen LogP contribution in [0.3, 0.4) is 0 Å². The van der Waals surface area contributed by atoms with E-state index in [2.05, 4.69) is 5.32 Å². The predicted molar refractivity (Wildman–Crippen MR) is 61.1 cm³/mol. The highest BCUT2D eigenvalue weighted by molar-refractivity contribution is 5.84. The fourth-order valence-corrected chi connectivity index (χ4v) is 1.97. The minimum Gasteiger partial charge on any atom is -0.508 e. The molecule has 0 saturated carbocycles. The first kappa shape index (κ1) is 11.0. The summed E-state index contributed by atoms with van der Waals surface area (Å²) in [6.07, 6.45) is 0. The Morgan fingerprint density at radius 1 is 1.44 bits per heavy atom. The Bertz CT molecular complexity index is 375. The largest absolute Gasteiger partial charge is 0.508 e. The van der Waals surface area contributed by atoms with E-state index in [0.29, 0.717) is 0 Å². The summed E-state index contributed by atoms with van der Waals surface area (Å²) in [5.74, 6) is 0.332. The molecule has 0 radical (unpaired) electrons. The van der Waals surface area contributed by atoms with E-state index in [1.165, 1.54) is 0 Å². The quantitative estimate of drug-likeness (QED) is 0.778. The molecule has 86 valence electrons. The van der Waals surface area contributed by atoms with Gasteiger partial charge in [0.1, 0.15) is 11.8 Å². The molecule has 0 spiro atoms. The van der Waals surface area contributed by atoms with E-state index in [1.54, 1.807) is 24.3 Å². The van der Waals surface area contributed by atoms with Crippen molar-refractivity contribution in [2.45, 2.75) is 13.0 Å². The molecule has 16 heavy (non-hydrogen) atoms. The molecule has 1 aromatic rings. The van der Waals surface area contributed by atoms with Crippen molar-refractivity contribution in [1.29, 1.82) is 0 Å². The van der Waals surface area contributed by atoms with Crippen LogP contribution >= 0.6 is 0 Å². The Morgan fingerprint density at radius 2 is 2.12 bits per heavy atom. The Balaban J connectivity index is 2.20. The van der Waals surface area contributed by atoms with Gasteiger partial charge in [0, 0.05) is 19.6 Å². The van der Waals surface area contributed by atoms with Crippen LogP contribution in [0, 0.1) is 0 Å². The molecule has 0 aliphatic carbocycles. The third-order valence-electron chi connectivity index (χ3n) is 2.90. The number of phenolic OH excluding ortho intramolecular Hbond substituents is 1. The number of hydrogen-bond donors (Lipinski definition) is 2. The third kappa shape index (κ3) is 2.02. The molecule has 1 saturated heterocycles. The van der Waals surface area contributed by atoms with Crippen molar-refractivity contribution in [3.8, 4) is 5.75 Å². The van der Waals surface area contributed by atoms with Crippen LogP contribution in [0.1, 0.15) is 18.5 Å². The lowest BCUT2D eigenvalue weighted by atomic mass is 10.0. The summed E-state index contributed by atoms with van der Waals surface area (Å²) < 4.78 is 0. The molecule has 0 aromatic heterocycles. The van der Waals surface area contributed by atoms with Crippen LogP contribution in [0.5, 0.6) is 5.75 Å². The number of piperazine rings is 1. The summed E-state index contributed by atoms with van der Waals surface area (Å²) in [4.78, 5) is 13.9. The third-order valence-corrected chi connectivity index (χ3v) is 2.90. The SMILES string of the molecule is CCN1CCNC(c2ccc(O)cc2)C1=O. The normalized spacial score (nSPS) is 21.2. The van der Waals surface area contributed by atoms with Crippen LogP contribution < -0.4 is 5.32 Å². The zero-order valence-corrected chi connectivity index (χ0v) is 9.31. The fraction of sp³-hybridized carbons (Fsp3) is 0.417. The predicted octanol–water partition coefficient (Wildman–Crippen LogP) is 0.885. The monoisotopic (exact) mass is 220 g/mol. The first-order valence-electron chi connectivity index (χ1n) is 5.53. The van der Waals surface area contributed by atoms with E-state index in [-0.39, 0.29) is 17.7 Å². The molecule has 1 aliphatic rings. The van der Waals surface area contributed by atoms with E-state index in [4.69, 9.17) is 0 Å². The van der Waals surface area contributed by atoms with Crippen LogP contribution in [0.4, 0.5) is 0 Å². The highest BCUT2D eigenvalue weighted by Crippen LogP contribution is 2.20. The van der Waals surface area contributed by atoms with E-state index in [9.17, 15) is 9.90 Å². The Morgan fingerprint density at radius 3 is 2.75 bits per heavy atom. The van der Waals surface area contributed by atoms with Gasteiger partial charge in [-0.25, -0.2) is 0 Å². The van der Waals surface area contributed by atoms with Gasteiger partial charge in [0.05, 0.1) is 0 Å². The molecule has 1 fully saturated rings. The van der Waals surface area contributed by atoms with Crippen molar-refractivity contribution in [3.05, 3.63) is 29.8 Å². The molecular weight excluding hydrogens is 204 g/mol. The van der Waals surface area contributed by atoms with Crippen LogP contribution in [0.25, 0.3) is 0 Å². The van der Waals surface area contributed by atoms with Gasteiger partial charge in [-0.05, 0) is 24.6 Å². The standard InChI is InChI=1S/C12H16N2O2/c1-2-14-8-7-13-11(12(14)16)9-3-5-10(15)6-4-9/h3-6,11,13,15H,2,7-8H2,1H3. The number of likely N-dealkylation sites (N-methyl/N-ethyl adjacent to an activating group) is 1. The number of aromatic hydroxyl groups is 1. The van der Waals surface area contributed by atoms with Gasteiger partial charge in [-0.2, -0.15) is 0 Å². The van der Waals surface area contributed by atoms with Crippen LogP contribution in [0.2, 0.25) is 0 Å². The first-order valence-corrected chi connectivity index (χ1v) is 5.53. The number of hydrogen-bond acceptors (Lipinski definition) is 3. The summed E-state index contributed by atoms with van der Waals surface area (Å²) in [6, 6.07) is 6.51. The molecule has 2 rings (SSSR count). The Labute approximate surface area is 94.9 Å². The number of phenols is 1. The highest BCUT2D eigenvalue weighted by atomic mass is 16.3. The summed E-state index contributed by atoms with van der Waals surface area (Å²) in [6.45, 7) is 4.31. The zero-order valence-electron chi connectivity index (χ0n) is 9.31. The Kier molecular flexibility index (Phi) is 3.10. The van der Waals surface area contributed by atoms with Gasteiger partial charge in [0.25, 0.3) is 0 Å². The number of amides is 1. The molecule has 2 N–H and O–H groups in total. The van der Waals surface area contributed by atoms with Gasteiger partial charge in [0.15, 0.2) is 0 Å². The second-order valence-corrected chi connectivity index (χ2v) is 3.90. The lowest BCUT2D eigenvalue weighted by molar-refractivity contribution is -0.135. The van der Waals surface area contributed by atoms with E-state index >= 15 is 0 Å². The molecule has 1 atom stereocenters. The van der Waals surface area contributed by atoms with Crippen molar-refractivity contribution < 1.29 is 9.90 Å². The molecule has 4 nitrogen and oxygen atoms in total. The van der Waals surface area contributed by atoms with Gasteiger partial charge < -0.3 is 15.3 Å². The summed E-state index contributed by atoms with van der Waals surface area (Å²) in [5, 5.41) is 12.4. The number of benzene rings is 1. The van der Waals surface area contributed by atoms with Crippen LogP contribution in [-0.2, 0) is 4.79 Å². The van der Waals surface area contributed by atoms with Crippen molar-refractivity contribution in [2.24, 2.45) is 0 Å². The topological polar surface area (TPSA) is 52.6 Å². The van der Waals surface area contributed by atoms with Crippen molar-refractivity contribution in [3.63, 3.8) is 0 Å². The van der Waals surface area contributed by atoms with Crippen LogP contribution in [0.15, 0.2) is 24.3 Å². The summed E-state index contributed by atoms with van der Waals surface area (Å²) in [5.41, 5.74) is 0.904. The molecule has 1 amide bonds. The van der Waals surface area contributed by atoms with Crippen molar-refractivity contribution in [1.82, 2.24) is 10.2 Å². The smallest absolute Gasteiger partial charge is 0.244 e. The lowest BCUT2D eigenvalue weighted by Crippen LogP contribution is -2.49. The molecule has 1 aliphatic heterocycles. The van der Waals surface area contributed by atoms with Gasteiger partial charge in [-0.1, -0.05) is 12.1 Å². The van der Waals surface area contributed by atoms with Crippen molar-refractivity contribution in [2.75, 3.05) is 19.6 Å². The van der Waals surface area contributed by atoms with Gasteiger partial charge in [-0.15, -0.1) is 0 Å². The molecular formula is C12H16N2O2. The van der Waals surface area contributed by atoms with E-state index < -0.39 is 0 Å². The maximum Gasteiger partial charge on any atom is 0.244 e. The minimum absolute atomic E-state index is 0.111. The molecule has 1 heterocycles. The number of rotatable bonds is 2.